The molecule has 266 valence electrons. The first-order valence-corrected chi connectivity index (χ1v) is 17.6. The molecular weight excluding hydrogens is 687 g/mol. The molecule has 4 aromatic carbocycles. The van der Waals surface area contributed by atoms with E-state index in [1.165, 1.54) is 12.1 Å². The number of halogens is 2. The number of aromatic hydroxyl groups is 2. The van der Waals surface area contributed by atoms with Gasteiger partial charge in [-0.05, 0) is 83.1 Å². The first-order valence-electron chi connectivity index (χ1n) is 17.1. The fourth-order valence-corrected chi connectivity index (χ4v) is 7.43. The van der Waals surface area contributed by atoms with Crippen molar-refractivity contribution < 1.29 is 33.8 Å². The van der Waals surface area contributed by atoms with Crippen molar-refractivity contribution in [1.29, 1.82) is 0 Å². The number of allylic oxidation sites excluding steroid dienone is 1. The van der Waals surface area contributed by atoms with Crippen molar-refractivity contribution in [3.8, 4) is 11.5 Å². The van der Waals surface area contributed by atoms with Crippen LogP contribution in [0.25, 0.3) is 11.1 Å². The third kappa shape index (κ3) is 6.77. The van der Waals surface area contributed by atoms with Gasteiger partial charge in [0.2, 0.25) is 11.8 Å². The molecule has 4 amide bonds. The summed E-state index contributed by atoms with van der Waals surface area (Å²) in [5, 5.41) is 22.0. The molecule has 0 radical (unpaired) electrons. The van der Waals surface area contributed by atoms with Crippen LogP contribution in [0.15, 0.2) is 84.9 Å². The Hall–Kier alpha value is -5.52. The largest absolute Gasteiger partial charge is 0.508 e. The maximum Gasteiger partial charge on any atom is 0.265 e. The maximum atomic E-state index is 15.8. The lowest BCUT2D eigenvalue weighted by Gasteiger charge is -2.36. The van der Waals surface area contributed by atoms with Gasteiger partial charge in [0, 0.05) is 56.3 Å². The molecule has 0 aromatic heterocycles. The molecule has 3 aliphatic heterocycles. The second-order valence-corrected chi connectivity index (χ2v) is 13.5. The van der Waals surface area contributed by atoms with Gasteiger partial charge in [0.15, 0.2) is 0 Å². The van der Waals surface area contributed by atoms with E-state index >= 15 is 4.39 Å². The molecule has 0 saturated carbocycles. The normalized spacial score (nSPS) is 18.4. The molecule has 4 aromatic rings. The Morgan fingerprint density at radius 2 is 1.37 bits per heavy atom. The number of benzene rings is 4. The number of phenols is 2. The van der Waals surface area contributed by atoms with E-state index in [0.717, 1.165) is 38.4 Å². The second-order valence-electron chi connectivity index (χ2n) is 13.1. The third-order valence-electron chi connectivity index (χ3n) is 9.93. The highest BCUT2D eigenvalue weighted by Crippen LogP contribution is 2.37. The van der Waals surface area contributed by atoms with Gasteiger partial charge >= 0.3 is 0 Å². The van der Waals surface area contributed by atoms with Gasteiger partial charge < -0.3 is 15.1 Å². The Morgan fingerprint density at radius 1 is 0.769 bits per heavy atom. The molecule has 3 heterocycles. The number of phenolic OH excluding ortho intramolecular Hbond substituents is 2. The summed E-state index contributed by atoms with van der Waals surface area (Å²) in [5.41, 5.74) is 5.71. The molecule has 3 aliphatic rings. The number of piperidine rings is 1. The number of carbonyl (C=O) groups is 4. The quantitative estimate of drug-likeness (QED) is 0.117. The summed E-state index contributed by atoms with van der Waals surface area (Å²) in [7, 11) is 0. The van der Waals surface area contributed by atoms with Crippen molar-refractivity contribution in [3.63, 3.8) is 0 Å². The van der Waals surface area contributed by atoms with Crippen LogP contribution in [0.1, 0.15) is 62.2 Å². The van der Waals surface area contributed by atoms with Gasteiger partial charge in [0.05, 0.1) is 11.1 Å². The zero-order chi connectivity index (χ0) is 36.5. The summed E-state index contributed by atoms with van der Waals surface area (Å²) in [5.74, 6) is -2.83. The molecule has 0 aliphatic carbocycles. The van der Waals surface area contributed by atoms with E-state index in [4.69, 9.17) is 11.6 Å². The standard InChI is InChI=1S/C40H36ClFN4O6/c41-18-17-31(24-3-10-29(47)11-4-24)35(26-5-12-30(48)13-6-26)25-1-8-28(9-2-25)45-21-19-44(20-22-45)23-27-7-14-32-36(37(27)42)40(52)46(39(32)51)33-15-16-34(49)43-38(33)50/h1-14,33,47-48H,15-23H2,(H,43,49,50). The van der Waals surface area contributed by atoms with Crippen molar-refractivity contribution in [2.75, 3.05) is 37.0 Å². The first kappa shape index (κ1) is 34.9. The summed E-state index contributed by atoms with van der Waals surface area (Å²) in [6.45, 7) is 2.86. The van der Waals surface area contributed by atoms with E-state index < -0.39 is 35.5 Å². The third-order valence-corrected chi connectivity index (χ3v) is 10.1. The van der Waals surface area contributed by atoms with Crippen LogP contribution in [0.4, 0.5) is 10.1 Å². The lowest BCUT2D eigenvalue weighted by molar-refractivity contribution is -0.136. The molecular formula is C40H36ClFN4O6. The number of piperazine rings is 1. The van der Waals surface area contributed by atoms with E-state index in [2.05, 4.69) is 39.4 Å². The molecule has 3 N–H and O–H groups in total. The van der Waals surface area contributed by atoms with Crippen molar-refractivity contribution in [2.24, 2.45) is 0 Å². The molecule has 2 fully saturated rings. The van der Waals surface area contributed by atoms with Gasteiger partial charge in [-0.1, -0.05) is 42.5 Å². The molecule has 52 heavy (non-hydrogen) atoms. The van der Waals surface area contributed by atoms with E-state index in [0.29, 0.717) is 38.5 Å². The number of hydrogen-bond donors (Lipinski definition) is 3. The number of nitrogens with one attached hydrogen (secondary N) is 1. The molecule has 0 spiro atoms. The van der Waals surface area contributed by atoms with E-state index in [1.807, 2.05) is 24.3 Å². The molecule has 10 nitrogen and oxygen atoms in total. The van der Waals surface area contributed by atoms with Gasteiger partial charge in [-0.15, -0.1) is 11.6 Å². The molecule has 12 heteroatoms. The monoisotopic (exact) mass is 722 g/mol. The van der Waals surface area contributed by atoms with E-state index in [1.54, 1.807) is 24.3 Å². The zero-order valence-corrected chi connectivity index (χ0v) is 28.9. The minimum atomic E-state index is -1.16. The van der Waals surface area contributed by atoms with Crippen molar-refractivity contribution in [2.45, 2.75) is 31.8 Å². The van der Waals surface area contributed by atoms with Crippen LogP contribution >= 0.6 is 11.6 Å². The van der Waals surface area contributed by atoms with Crippen LogP contribution in [0, 0.1) is 5.82 Å². The summed E-state index contributed by atoms with van der Waals surface area (Å²) < 4.78 is 15.8. The van der Waals surface area contributed by atoms with Crippen LogP contribution in [0.5, 0.6) is 11.5 Å². The van der Waals surface area contributed by atoms with Crippen LogP contribution in [0.3, 0.4) is 0 Å². The van der Waals surface area contributed by atoms with E-state index in [-0.39, 0.29) is 47.6 Å². The topological polar surface area (TPSA) is 130 Å². The molecule has 0 bridgehead atoms. The average Bonchev–Trinajstić information content (AvgIpc) is 3.40. The highest BCUT2D eigenvalue weighted by Gasteiger charge is 2.46. The number of fused-ring (bicyclic) bond motifs is 1. The van der Waals surface area contributed by atoms with Crippen LogP contribution < -0.4 is 10.2 Å². The summed E-state index contributed by atoms with van der Waals surface area (Å²) in [6.07, 6.45) is 0.574. The first-order chi connectivity index (χ1) is 25.1. The number of nitrogens with zero attached hydrogens (tertiary/aromatic N) is 3. The summed E-state index contributed by atoms with van der Waals surface area (Å²) in [4.78, 5) is 55.5. The minimum absolute atomic E-state index is 0.00275. The smallest absolute Gasteiger partial charge is 0.265 e. The Kier molecular flexibility index (Phi) is 9.81. The van der Waals surface area contributed by atoms with Crippen molar-refractivity contribution in [3.05, 3.63) is 124 Å². The number of amides is 4. The highest BCUT2D eigenvalue weighted by atomic mass is 35.5. The fraction of sp³-hybridized carbons (Fsp3) is 0.250. The zero-order valence-electron chi connectivity index (χ0n) is 28.1. The van der Waals surface area contributed by atoms with Gasteiger partial charge in [-0.25, -0.2) is 4.39 Å². The Bertz CT molecular complexity index is 2080. The molecule has 7 rings (SSSR count). The lowest BCUT2D eigenvalue weighted by Crippen LogP contribution is -2.54. The number of imide groups is 2. The van der Waals surface area contributed by atoms with Crippen LogP contribution in [-0.4, -0.2) is 81.7 Å². The maximum absolute atomic E-state index is 15.8. The van der Waals surface area contributed by atoms with Gasteiger partial charge in [0.25, 0.3) is 11.8 Å². The van der Waals surface area contributed by atoms with Gasteiger partial charge in [0.1, 0.15) is 23.4 Å². The molecule has 2 saturated heterocycles. The van der Waals surface area contributed by atoms with Gasteiger partial charge in [-0.3, -0.25) is 34.3 Å². The minimum Gasteiger partial charge on any atom is -0.508 e. The van der Waals surface area contributed by atoms with Gasteiger partial charge in [-0.2, -0.15) is 0 Å². The second kappa shape index (κ2) is 14.6. The Labute approximate surface area is 304 Å². The Balaban J connectivity index is 1.06. The predicted molar refractivity (Wildman–Crippen MR) is 194 cm³/mol. The van der Waals surface area contributed by atoms with E-state index in [9.17, 15) is 29.4 Å². The summed E-state index contributed by atoms with van der Waals surface area (Å²) >= 11 is 6.29. The van der Waals surface area contributed by atoms with Crippen LogP contribution in [0.2, 0.25) is 0 Å². The van der Waals surface area contributed by atoms with Crippen molar-refractivity contribution in [1.82, 2.24) is 15.1 Å². The number of alkyl halides is 1. The molecule has 1 atom stereocenters. The van der Waals surface area contributed by atoms with Crippen LogP contribution in [-0.2, 0) is 16.1 Å². The number of anilines is 1. The lowest BCUT2D eigenvalue weighted by atomic mass is 9.88. The number of rotatable bonds is 9. The summed E-state index contributed by atoms with van der Waals surface area (Å²) in [6, 6.07) is 24.2. The van der Waals surface area contributed by atoms with Crippen molar-refractivity contribution >= 4 is 52.1 Å². The predicted octanol–water partition coefficient (Wildman–Crippen LogP) is 5.55. The SMILES string of the molecule is O=C1CCC(N2C(=O)c3ccc(CN4CCN(c5ccc(C(=C(CCCl)c6ccc(O)cc6)c6ccc(O)cc6)cc5)CC4)c(F)c3C2=O)C(=O)N1. The number of carbonyl (C=O) groups excluding carboxylic acids is 4. The average molecular weight is 723 g/mol. The Morgan fingerprint density at radius 3 is 1.96 bits per heavy atom. The highest BCUT2D eigenvalue weighted by molar-refractivity contribution is 6.23. The number of hydrogen-bond acceptors (Lipinski definition) is 8. The fourth-order valence-electron chi connectivity index (χ4n) is 7.24. The molecule has 1 unspecified atom stereocenters.